The molecule has 6 atom stereocenters. The van der Waals surface area contributed by atoms with E-state index in [0.717, 1.165) is 0 Å². The lowest BCUT2D eigenvalue weighted by atomic mass is 9.91. The maximum atomic E-state index is 15.3. The van der Waals surface area contributed by atoms with E-state index in [0.29, 0.717) is 12.0 Å². The molecule has 0 spiro atoms. The van der Waals surface area contributed by atoms with Crippen molar-refractivity contribution in [2.45, 2.75) is 42.5 Å². The Morgan fingerprint density at radius 2 is 1.93 bits per heavy atom. The van der Waals surface area contributed by atoms with Crippen molar-refractivity contribution in [3.05, 3.63) is 48.5 Å². The fourth-order valence-electron chi connectivity index (χ4n) is 4.89. The second-order valence-electron chi connectivity index (χ2n) is 8.26. The van der Waals surface area contributed by atoms with E-state index in [2.05, 4.69) is 20.3 Å². The van der Waals surface area contributed by atoms with Gasteiger partial charge in [-0.1, -0.05) is 18.2 Å². The fourth-order valence-corrected chi connectivity index (χ4v) is 4.89. The molecule has 1 aliphatic heterocycles. The number of aromatic nitrogens is 4. The second kappa shape index (κ2) is 5.81. The van der Waals surface area contributed by atoms with Crippen molar-refractivity contribution in [2.24, 2.45) is 5.92 Å². The lowest BCUT2D eigenvalue weighted by Gasteiger charge is -2.26. The quantitative estimate of drug-likeness (QED) is 0.592. The summed E-state index contributed by atoms with van der Waals surface area (Å²) < 4.78 is 22.4. The Labute approximate surface area is 169 Å². The number of ether oxygens (including phenoxy) is 1. The third-order valence-corrected chi connectivity index (χ3v) is 6.51. The van der Waals surface area contributed by atoms with Gasteiger partial charge in [-0.3, -0.25) is 9.36 Å². The Bertz CT molecular complexity index is 1170. The Morgan fingerprint density at radius 1 is 1.17 bits per heavy atom. The zero-order valence-electron chi connectivity index (χ0n) is 15.6. The average molecular weight is 411 g/mol. The third kappa shape index (κ3) is 2.26. The van der Waals surface area contributed by atoms with Crippen LogP contribution < -0.4 is 5.32 Å². The Kier molecular flexibility index (Phi) is 3.46. The summed E-state index contributed by atoms with van der Waals surface area (Å²) in [7, 11) is 0. The number of nitrogens with one attached hydrogen (secondary N) is 1. The summed E-state index contributed by atoms with van der Waals surface area (Å²) >= 11 is 0. The maximum absolute atomic E-state index is 15.3. The molecule has 3 aromatic rings. The lowest BCUT2D eigenvalue weighted by Crippen LogP contribution is -2.47. The summed E-state index contributed by atoms with van der Waals surface area (Å²) in [6.07, 6.45) is -0.700. The Balaban J connectivity index is 1.33. The van der Waals surface area contributed by atoms with E-state index >= 15 is 4.39 Å². The number of anilines is 1. The van der Waals surface area contributed by atoms with Gasteiger partial charge in [-0.2, -0.15) is 0 Å². The van der Waals surface area contributed by atoms with Crippen LogP contribution in [0.15, 0.2) is 43.0 Å². The maximum Gasteiger partial charge on any atom is 0.256 e. The van der Waals surface area contributed by atoms with Crippen molar-refractivity contribution in [2.75, 3.05) is 5.32 Å². The van der Waals surface area contributed by atoms with Crippen LogP contribution in [0.4, 0.5) is 10.2 Å². The first-order valence-corrected chi connectivity index (χ1v) is 9.70. The zero-order valence-corrected chi connectivity index (χ0v) is 15.6. The van der Waals surface area contributed by atoms with Crippen LogP contribution >= 0.6 is 0 Å². The molecular weight excluding hydrogens is 393 g/mol. The number of carbonyl (C=O) groups is 1. The number of benzene rings is 1. The van der Waals surface area contributed by atoms with Gasteiger partial charge in [0.15, 0.2) is 29.4 Å². The van der Waals surface area contributed by atoms with Crippen LogP contribution in [-0.4, -0.2) is 59.1 Å². The first-order valence-electron chi connectivity index (χ1n) is 9.70. The summed E-state index contributed by atoms with van der Waals surface area (Å²) in [6, 6.07) is 8.64. The van der Waals surface area contributed by atoms with Gasteiger partial charge in [-0.15, -0.1) is 0 Å². The van der Waals surface area contributed by atoms with Crippen molar-refractivity contribution in [3.63, 3.8) is 0 Å². The van der Waals surface area contributed by atoms with Crippen LogP contribution in [0.2, 0.25) is 0 Å². The number of halogens is 1. The zero-order chi connectivity index (χ0) is 20.7. The van der Waals surface area contributed by atoms with Gasteiger partial charge in [-0.25, -0.2) is 19.3 Å². The highest BCUT2D eigenvalue weighted by molar-refractivity contribution is 6.06. The molecule has 0 radical (unpaired) electrons. The van der Waals surface area contributed by atoms with E-state index in [1.54, 1.807) is 30.3 Å². The van der Waals surface area contributed by atoms with Crippen molar-refractivity contribution in [1.29, 1.82) is 0 Å². The van der Waals surface area contributed by atoms with Gasteiger partial charge in [0.05, 0.1) is 11.9 Å². The fraction of sp³-hybridized carbons (Fsp3) is 0.400. The number of hydrogen-bond acceptors (Lipinski definition) is 7. The van der Waals surface area contributed by atoms with Crippen LogP contribution in [0.5, 0.6) is 0 Å². The normalized spacial score (nSPS) is 36.5. The molecule has 2 aliphatic carbocycles. The van der Waals surface area contributed by atoms with E-state index in [1.807, 2.05) is 0 Å². The number of nitrogens with zero attached hydrogens (tertiary/aromatic N) is 4. The third-order valence-electron chi connectivity index (χ3n) is 6.51. The van der Waals surface area contributed by atoms with Crippen molar-refractivity contribution in [3.8, 4) is 0 Å². The highest BCUT2D eigenvalue weighted by Gasteiger charge is 2.78. The van der Waals surface area contributed by atoms with Gasteiger partial charge in [0.1, 0.15) is 18.0 Å². The van der Waals surface area contributed by atoms with Gasteiger partial charge in [0.2, 0.25) is 0 Å². The van der Waals surface area contributed by atoms with Gasteiger partial charge in [-0.05, 0) is 30.9 Å². The van der Waals surface area contributed by atoms with Crippen molar-refractivity contribution >= 4 is 22.9 Å². The summed E-state index contributed by atoms with van der Waals surface area (Å²) in [5.74, 6) is -0.314. The molecule has 0 bridgehead atoms. The van der Waals surface area contributed by atoms with E-state index in [9.17, 15) is 15.0 Å². The lowest BCUT2D eigenvalue weighted by molar-refractivity contribution is -0.107. The van der Waals surface area contributed by atoms with Gasteiger partial charge < -0.3 is 20.3 Å². The van der Waals surface area contributed by atoms with Crippen LogP contribution in [0.1, 0.15) is 29.4 Å². The van der Waals surface area contributed by atoms with Gasteiger partial charge in [0, 0.05) is 5.56 Å². The molecule has 1 amide bonds. The largest absolute Gasteiger partial charge is 0.387 e. The van der Waals surface area contributed by atoms with Crippen LogP contribution in [0.25, 0.3) is 11.2 Å². The smallest absolute Gasteiger partial charge is 0.256 e. The number of imidazole rings is 1. The predicted octanol–water partition coefficient (Wildman–Crippen LogP) is 1.20. The average Bonchev–Trinajstić information content (AvgIpc) is 3.02. The van der Waals surface area contributed by atoms with Crippen LogP contribution in [-0.2, 0) is 4.74 Å². The number of hydrogen-bond donors (Lipinski definition) is 3. The van der Waals surface area contributed by atoms with E-state index in [4.69, 9.17) is 4.74 Å². The Hall–Kier alpha value is -2.95. The molecule has 154 valence electrons. The molecule has 3 aliphatic rings. The van der Waals surface area contributed by atoms with E-state index in [-0.39, 0.29) is 35.2 Å². The highest BCUT2D eigenvalue weighted by atomic mass is 19.1. The number of rotatable bonds is 3. The molecule has 9 nitrogen and oxygen atoms in total. The molecule has 2 aromatic heterocycles. The number of carbonyl (C=O) groups excluding carboxylic acids is 1. The highest BCUT2D eigenvalue weighted by Crippen LogP contribution is 2.66. The topological polar surface area (TPSA) is 122 Å². The minimum Gasteiger partial charge on any atom is -0.387 e. The standard InChI is InChI=1S/C20H18FN5O4/c21-13-17(30-18-19(28)6-11(19)7-20(13,18)29)26-9-24-12-14(22-8-23-15(12)26)25-16(27)10-4-2-1-3-5-10/h1-5,8-9,11,13,17-18,28-29H,6-7H2,(H,22,23,25,27)/t11-,13+,17-,18+,19+,20-/m0/s1. The number of amides is 1. The molecular formula is C20H18FN5O4. The molecule has 10 heteroatoms. The van der Waals surface area contributed by atoms with E-state index in [1.165, 1.54) is 17.2 Å². The minimum atomic E-state index is -1.76. The summed E-state index contributed by atoms with van der Waals surface area (Å²) in [4.78, 5) is 25.0. The molecule has 0 unspecified atom stereocenters. The first-order chi connectivity index (χ1) is 14.4. The number of alkyl halides is 1. The second-order valence-corrected chi connectivity index (χ2v) is 8.26. The van der Waals surface area contributed by atoms with E-state index < -0.39 is 29.7 Å². The molecule has 30 heavy (non-hydrogen) atoms. The van der Waals surface area contributed by atoms with Crippen molar-refractivity contribution < 1.29 is 24.1 Å². The molecule has 3 fully saturated rings. The first kappa shape index (κ1) is 17.9. The van der Waals surface area contributed by atoms with Crippen LogP contribution in [0, 0.1) is 5.92 Å². The SMILES string of the molecule is O=C(Nc1ncnc2c1ncn2[C@H]1O[C@@H]2[C@@]3(O)C[C@H]3C[C@]2(O)[C@@H]1F)c1ccccc1. The molecule has 2 saturated carbocycles. The summed E-state index contributed by atoms with van der Waals surface area (Å²) in [5, 5.41) is 24.1. The van der Waals surface area contributed by atoms with Gasteiger partial charge in [0.25, 0.3) is 5.91 Å². The molecule has 1 saturated heterocycles. The van der Waals surface area contributed by atoms with Crippen LogP contribution in [0.3, 0.4) is 0 Å². The molecule has 3 N–H and O–H groups in total. The Morgan fingerprint density at radius 3 is 2.70 bits per heavy atom. The molecule has 1 aromatic carbocycles. The van der Waals surface area contributed by atoms with Crippen molar-refractivity contribution in [1.82, 2.24) is 19.5 Å². The predicted molar refractivity (Wildman–Crippen MR) is 101 cm³/mol. The summed E-state index contributed by atoms with van der Waals surface area (Å²) in [6.45, 7) is 0. The van der Waals surface area contributed by atoms with Gasteiger partial charge >= 0.3 is 0 Å². The molecule has 3 heterocycles. The molecule has 6 rings (SSSR count). The summed E-state index contributed by atoms with van der Waals surface area (Å²) in [5.41, 5.74) is -1.94. The monoisotopic (exact) mass is 411 g/mol. The number of aliphatic hydroxyl groups is 2. The minimum absolute atomic E-state index is 0.131. The number of fused-ring (bicyclic) bond motifs is 4.